The second kappa shape index (κ2) is 10.3. The van der Waals surface area contributed by atoms with Crippen LogP contribution < -0.4 is 0 Å². The van der Waals surface area contributed by atoms with Gasteiger partial charge in [-0.05, 0) is 0 Å². The molecule has 0 aromatic heterocycles. The largest absolute Gasteiger partial charge is 0.456 e. The second-order valence-corrected chi connectivity index (χ2v) is 4.21. The molecule has 0 bridgehead atoms. The highest BCUT2D eigenvalue weighted by Crippen LogP contribution is 2.18. The minimum atomic E-state index is -1.96. The molecule has 0 rings (SSSR count). The summed E-state index contributed by atoms with van der Waals surface area (Å²) < 4.78 is 46.9. The van der Waals surface area contributed by atoms with Gasteiger partial charge in [0.1, 0.15) is 0 Å². The molecule has 4 atom stereocenters. The zero-order valence-corrected chi connectivity index (χ0v) is 12.5. The zero-order valence-electron chi connectivity index (χ0n) is 16.5. The number of hydrogen-bond donors (Lipinski definition) is 1. The Morgan fingerprint density at radius 2 is 1.33 bits per heavy atom. The van der Waals surface area contributed by atoms with Gasteiger partial charge in [0.25, 0.3) is 0 Å². The van der Waals surface area contributed by atoms with E-state index in [1.807, 2.05) is 0 Å². The van der Waals surface area contributed by atoms with E-state index in [4.69, 9.17) is 19.7 Å². The van der Waals surface area contributed by atoms with Crippen molar-refractivity contribution in [2.75, 3.05) is 6.61 Å². The van der Waals surface area contributed by atoms with Crippen LogP contribution in [-0.4, -0.2) is 66.3 Å². The normalized spacial score (nSPS) is 17.4. The maximum atomic E-state index is 11.6. The zero-order chi connectivity index (χ0) is 21.7. The van der Waals surface area contributed by atoms with Gasteiger partial charge in [0.15, 0.2) is 30.7 Å². The Labute approximate surface area is 143 Å². The summed E-state index contributed by atoms with van der Waals surface area (Å²) in [5, 5.41) is 9.47. The number of ether oxygens (including phenoxy) is 4. The van der Waals surface area contributed by atoms with Crippen LogP contribution in [0.5, 0.6) is 0 Å². The van der Waals surface area contributed by atoms with E-state index < -0.39 is 82.5 Å². The standard InChI is InChI=1S/C14H20O10/c1-7(17)21-11(5-15)13(23-9(3)19)14(24-10(4)20)12(6-16)22-8(2)18/h5,11-14,16H,6H2,1-4H3/t11-,12-,13+,14-/m1/s1/i1D,2D,3D,4D. The van der Waals surface area contributed by atoms with Crippen molar-refractivity contribution >= 4 is 30.2 Å². The summed E-state index contributed by atoms with van der Waals surface area (Å²) in [6.45, 7) is -4.67. The van der Waals surface area contributed by atoms with Crippen LogP contribution in [0.1, 0.15) is 33.1 Å². The third kappa shape index (κ3) is 7.68. The highest BCUT2D eigenvalue weighted by Gasteiger charge is 2.43. The first kappa shape index (κ1) is 15.1. The molecule has 0 spiro atoms. The van der Waals surface area contributed by atoms with Crippen LogP contribution in [0.25, 0.3) is 0 Å². The lowest BCUT2D eigenvalue weighted by Crippen LogP contribution is -2.53. The molecule has 0 amide bonds. The maximum absolute atomic E-state index is 11.6. The number of esters is 4. The van der Waals surface area contributed by atoms with Crippen molar-refractivity contribution in [2.24, 2.45) is 0 Å². The first-order chi connectivity index (χ1) is 13.3. The number of aliphatic hydroxyl groups is 1. The van der Waals surface area contributed by atoms with Crippen molar-refractivity contribution < 1.29 is 53.5 Å². The predicted molar refractivity (Wildman–Crippen MR) is 75.4 cm³/mol. The first-order valence-corrected chi connectivity index (χ1v) is 6.28. The summed E-state index contributed by atoms with van der Waals surface area (Å²) in [6.07, 6.45) is -7.59. The molecule has 10 nitrogen and oxygen atoms in total. The lowest BCUT2D eigenvalue weighted by Gasteiger charge is -2.33. The molecule has 1 N–H and O–H groups in total. The van der Waals surface area contributed by atoms with Crippen molar-refractivity contribution in [3.63, 3.8) is 0 Å². The molecule has 0 aliphatic carbocycles. The number of carbonyl (C=O) groups excluding carboxylic acids is 5. The van der Waals surface area contributed by atoms with E-state index in [0.29, 0.717) is 0 Å². The monoisotopic (exact) mass is 352 g/mol. The highest BCUT2D eigenvalue weighted by atomic mass is 16.6. The molecule has 0 aromatic rings. The third-order valence-corrected chi connectivity index (χ3v) is 2.41. The quantitative estimate of drug-likeness (QED) is 0.309. The van der Waals surface area contributed by atoms with E-state index >= 15 is 0 Å². The molecular weight excluding hydrogens is 328 g/mol. The molecule has 24 heavy (non-hydrogen) atoms. The Morgan fingerprint density at radius 3 is 1.79 bits per heavy atom. The van der Waals surface area contributed by atoms with E-state index in [9.17, 15) is 29.1 Å². The van der Waals surface area contributed by atoms with Crippen LogP contribution in [0.2, 0.25) is 0 Å². The number of aldehydes is 1. The molecule has 0 saturated heterocycles. The van der Waals surface area contributed by atoms with Gasteiger partial charge in [0, 0.05) is 33.1 Å². The Kier molecular flexibility index (Phi) is 6.47. The molecule has 0 fully saturated rings. The maximum Gasteiger partial charge on any atom is 0.303 e. The van der Waals surface area contributed by atoms with E-state index in [-0.39, 0.29) is 6.29 Å². The molecular formula is C14H20O10. The average Bonchev–Trinajstić information content (AvgIpc) is 2.71. The van der Waals surface area contributed by atoms with Gasteiger partial charge in [0.2, 0.25) is 0 Å². The van der Waals surface area contributed by atoms with Gasteiger partial charge < -0.3 is 24.1 Å². The minimum absolute atomic E-state index is 0.0161. The summed E-state index contributed by atoms with van der Waals surface area (Å²) in [6, 6.07) is 0. The summed E-state index contributed by atoms with van der Waals surface area (Å²) in [5.41, 5.74) is 0. The van der Waals surface area contributed by atoms with Gasteiger partial charge in [-0.15, -0.1) is 0 Å². The molecule has 10 heteroatoms. The smallest absolute Gasteiger partial charge is 0.303 e. The van der Waals surface area contributed by atoms with Crippen LogP contribution in [0.15, 0.2) is 0 Å². The Hall–Kier alpha value is -2.49. The molecule has 0 saturated carbocycles. The lowest BCUT2D eigenvalue weighted by atomic mass is 10.0. The molecule has 0 radical (unpaired) electrons. The highest BCUT2D eigenvalue weighted by molar-refractivity contribution is 5.72. The number of rotatable bonds is 9. The number of aliphatic hydroxyl groups excluding tert-OH is 1. The summed E-state index contributed by atoms with van der Waals surface area (Å²) >= 11 is 0. The molecule has 0 unspecified atom stereocenters. The van der Waals surface area contributed by atoms with Gasteiger partial charge in [-0.2, -0.15) is 0 Å². The Bertz CT molecular complexity index is 558. The summed E-state index contributed by atoms with van der Waals surface area (Å²) in [5.74, 6) is -4.84. The van der Waals surface area contributed by atoms with E-state index in [2.05, 4.69) is 4.74 Å². The first-order valence-electron chi connectivity index (χ1n) is 9.11. The molecule has 0 aliphatic heterocycles. The van der Waals surface area contributed by atoms with E-state index in [1.54, 1.807) is 0 Å². The SMILES string of the molecule is [2H]CC(=O)O[C@H]([C@H](OC(=O)C[2H])[C@@H](CO)OC(=O)C[2H])[C@@H](C=O)OC(=O)C[2H]. The number of hydrogen-bond acceptors (Lipinski definition) is 10. The molecule has 0 aromatic carbocycles. The van der Waals surface area contributed by atoms with Gasteiger partial charge in [-0.3, -0.25) is 24.0 Å². The van der Waals surface area contributed by atoms with Crippen molar-refractivity contribution in [3.05, 3.63) is 0 Å². The van der Waals surface area contributed by atoms with Gasteiger partial charge in [-0.25, -0.2) is 0 Å². The van der Waals surface area contributed by atoms with Gasteiger partial charge >= 0.3 is 23.9 Å². The Morgan fingerprint density at radius 1 is 0.875 bits per heavy atom. The van der Waals surface area contributed by atoms with Crippen molar-refractivity contribution in [1.82, 2.24) is 0 Å². The average molecular weight is 352 g/mol. The molecule has 136 valence electrons. The fourth-order valence-corrected chi connectivity index (χ4v) is 1.68. The van der Waals surface area contributed by atoms with Crippen LogP contribution in [0, 0.1) is 0 Å². The second-order valence-electron chi connectivity index (χ2n) is 4.21. The topological polar surface area (TPSA) is 142 Å². The van der Waals surface area contributed by atoms with Gasteiger partial charge in [-0.1, -0.05) is 0 Å². The van der Waals surface area contributed by atoms with Crippen LogP contribution >= 0.6 is 0 Å². The minimum Gasteiger partial charge on any atom is -0.456 e. The molecule has 0 heterocycles. The van der Waals surface area contributed by atoms with Crippen molar-refractivity contribution in [3.8, 4) is 0 Å². The fourth-order valence-electron chi connectivity index (χ4n) is 1.68. The summed E-state index contributed by atoms with van der Waals surface area (Å²) in [7, 11) is 0. The van der Waals surface area contributed by atoms with Crippen molar-refractivity contribution in [2.45, 2.75) is 52.0 Å². The van der Waals surface area contributed by atoms with Crippen LogP contribution in [0.3, 0.4) is 0 Å². The lowest BCUT2D eigenvalue weighted by molar-refractivity contribution is -0.199. The molecule has 0 aliphatic rings. The van der Waals surface area contributed by atoms with E-state index in [1.165, 1.54) is 0 Å². The van der Waals surface area contributed by atoms with Crippen LogP contribution in [-0.2, 0) is 42.9 Å². The van der Waals surface area contributed by atoms with E-state index in [0.717, 1.165) is 0 Å². The van der Waals surface area contributed by atoms with Gasteiger partial charge in [0.05, 0.1) is 6.61 Å². The predicted octanol–water partition coefficient (Wildman–Crippen LogP) is -1.10. The Balaban J connectivity index is 6.02. The number of carbonyl (C=O) groups is 5. The summed E-state index contributed by atoms with van der Waals surface area (Å²) in [4.78, 5) is 57.3. The van der Waals surface area contributed by atoms with Crippen molar-refractivity contribution in [1.29, 1.82) is 0 Å². The third-order valence-electron chi connectivity index (χ3n) is 2.41. The van der Waals surface area contributed by atoms with Crippen LogP contribution in [0.4, 0.5) is 0 Å². The fraction of sp³-hybridized carbons (Fsp3) is 0.643.